The van der Waals surface area contributed by atoms with Crippen molar-refractivity contribution in [2.24, 2.45) is 0 Å². The maximum Gasteiger partial charge on any atom is 0.240 e. The topological polar surface area (TPSA) is 33.8 Å². The quantitative estimate of drug-likeness (QED) is 0.173. The molecule has 5 aromatic heterocycles. The third-order valence-corrected chi connectivity index (χ3v) is 10.3. The van der Waals surface area contributed by atoms with Crippen molar-refractivity contribution >= 4 is 49.2 Å². The van der Waals surface area contributed by atoms with Crippen molar-refractivity contribution in [3.63, 3.8) is 0 Å². The minimum Gasteiger partial charge on any atom is -0.437 e. The molecule has 4 nitrogen and oxygen atoms in total. The first kappa shape index (κ1) is 24.0. The number of nitrogens with zero attached hydrogens (tertiary/aromatic N) is 3. The van der Waals surface area contributed by atoms with Crippen LogP contribution in [0.1, 0.15) is 41.6 Å². The SMILES string of the molecule is C=C1CC2C(CCc3ccc4c(oc5nc(C)ccc54)c3-c3c4sccc4cc[n+]31)c1ccccc1-c1cccc[n+]12. The molecule has 2 aliphatic rings. The Morgan fingerprint density at radius 2 is 1.81 bits per heavy atom. The fourth-order valence-electron chi connectivity index (χ4n) is 7.47. The number of thiophene rings is 1. The summed E-state index contributed by atoms with van der Waals surface area (Å²) in [5.74, 6) is 0.356. The molecule has 42 heavy (non-hydrogen) atoms. The van der Waals surface area contributed by atoms with Crippen LogP contribution in [0.3, 0.4) is 0 Å². The molecular formula is C37H29N3OS+2. The van der Waals surface area contributed by atoms with Crippen molar-refractivity contribution < 1.29 is 13.6 Å². The number of aromatic nitrogens is 3. The Labute approximate surface area is 247 Å². The summed E-state index contributed by atoms with van der Waals surface area (Å²) < 4.78 is 12.8. The summed E-state index contributed by atoms with van der Waals surface area (Å²) in [7, 11) is 0. The number of hydrogen-bond donors (Lipinski definition) is 0. The molecule has 0 N–H and O–H groups in total. The number of fused-ring (bicyclic) bond motifs is 15. The molecule has 0 spiro atoms. The van der Waals surface area contributed by atoms with Crippen LogP contribution >= 0.6 is 11.3 Å². The fourth-order valence-corrected chi connectivity index (χ4v) is 8.40. The van der Waals surface area contributed by atoms with Crippen LogP contribution in [0.4, 0.5) is 0 Å². The van der Waals surface area contributed by atoms with E-state index in [0.29, 0.717) is 11.6 Å². The molecule has 0 aliphatic carbocycles. The Hall–Kier alpha value is -4.61. The van der Waals surface area contributed by atoms with E-state index in [1.54, 1.807) is 11.3 Å². The van der Waals surface area contributed by atoms with Gasteiger partial charge in [-0.25, -0.2) is 4.98 Å². The van der Waals surface area contributed by atoms with Crippen molar-refractivity contribution in [3.8, 4) is 22.5 Å². The summed E-state index contributed by atoms with van der Waals surface area (Å²) in [5, 5.41) is 5.61. The average Bonchev–Trinajstić information content (AvgIpc) is 3.64. The standard InChI is InChI=1S/C37H29N3OS/c1-22-10-13-30-29-15-12-24-11-14-28-26-7-3-4-8-27(26)31-9-5-6-18-40(31)32(28)21-23(2)39-19-16-25-17-20-42-36(25)34(39)33(24)35(29)41-37(30)38-22/h3-10,12-13,15-20,28,32H,2,11,14,21H2,1H3/q+2. The third kappa shape index (κ3) is 3.37. The lowest BCUT2D eigenvalue weighted by Gasteiger charge is -2.31. The van der Waals surface area contributed by atoms with Crippen LogP contribution in [0.25, 0.3) is 60.4 Å². The van der Waals surface area contributed by atoms with E-state index in [-0.39, 0.29) is 6.04 Å². The summed E-state index contributed by atoms with van der Waals surface area (Å²) in [6, 6.07) is 29.1. The third-order valence-electron chi connectivity index (χ3n) is 9.38. The number of aryl methyl sites for hydroxylation is 2. The number of furan rings is 1. The highest BCUT2D eigenvalue weighted by Gasteiger charge is 2.42. The predicted molar refractivity (Wildman–Crippen MR) is 169 cm³/mol. The zero-order chi connectivity index (χ0) is 27.9. The van der Waals surface area contributed by atoms with Crippen molar-refractivity contribution in [3.05, 3.63) is 120 Å². The normalized spacial score (nSPS) is 17.9. The van der Waals surface area contributed by atoms with Crippen molar-refractivity contribution in [1.82, 2.24) is 4.98 Å². The first-order chi connectivity index (χ1) is 20.7. The van der Waals surface area contributed by atoms with Gasteiger partial charge < -0.3 is 4.42 Å². The molecule has 202 valence electrons. The molecule has 9 rings (SSSR count). The monoisotopic (exact) mass is 563 g/mol. The van der Waals surface area contributed by atoms with Crippen LogP contribution < -0.4 is 9.13 Å². The lowest BCUT2D eigenvalue weighted by molar-refractivity contribution is -0.720. The van der Waals surface area contributed by atoms with Crippen molar-refractivity contribution in [1.29, 1.82) is 0 Å². The highest BCUT2D eigenvalue weighted by Crippen LogP contribution is 2.46. The molecule has 7 heterocycles. The minimum atomic E-state index is 0.270. The van der Waals surface area contributed by atoms with Gasteiger partial charge in [0.05, 0.1) is 12.0 Å². The van der Waals surface area contributed by atoms with E-state index in [4.69, 9.17) is 16.0 Å². The predicted octanol–water partition coefficient (Wildman–Crippen LogP) is 8.56. The molecule has 0 fully saturated rings. The van der Waals surface area contributed by atoms with Gasteiger partial charge in [-0.05, 0) is 73.2 Å². The molecule has 2 unspecified atom stereocenters. The molecule has 5 heteroatoms. The lowest BCUT2D eigenvalue weighted by Crippen LogP contribution is -2.49. The molecule has 0 bridgehead atoms. The summed E-state index contributed by atoms with van der Waals surface area (Å²) >= 11 is 1.79. The second kappa shape index (κ2) is 8.94. The second-order valence-corrected chi connectivity index (χ2v) is 12.6. The lowest BCUT2D eigenvalue weighted by atomic mass is 9.77. The van der Waals surface area contributed by atoms with E-state index in [9.17, 15) is 0 Å². The van der Waals surface area contributed by atoms with Gasteiger partial charge in [0, 0.05) is 51.5 Å². The van der Waals surface area contributed by atoms with Crippen LogP contribution in [-0.4, -0.2) is 4.98 Å². The van der Waals surface area contributed by atoms with Gasteiger partial charge in [-0.15, -0.1) is 11.3 Å². The van der Waals surface area contributed by atoms with Gasteiger partial charge in [0.25, 0.3) is 0 Å². The molecule has 2 aliphatic heterocycles. The molecule has 0 saturated carbocycles. The van der Waals surface area contributed by atoms with Crippen LogP contribution in [0, 0.1) is 6.92 Å². The van der Waals surface area contributed by atoms with Gasteiger partial charge in [-0.1, -0.05) is 30.3 Å². The maximum absolute atomic E-state index is 6.67. The van der Waals surface area contributed by atoms with Crippen LogP contribution in [0.2, 0.25) is 0 Å². The zero-order valence-corrected chi connectivity index (χ0v) is 24.2. The Morgan fingerprint density at radius 3 is 2.76 bits per heavy atom. The van der Waals surface area contributed by atoms with Crippen molar-refractivity contribution in [2.45, 2.75) is 38.1 Å². The van der Waals surface area contributed by atoms with Gasteiger partial charge in [0.1, 0.15) is 4.70 Å². The van der Waals surface area contributed by atoms with E-state index in [1.807, 2.05) is 6.92 Å². The average molecular weight is 564 g/mol. The van der Waals surface area contributed by atoms with Gasteiger partial charge in [-0.3, -0.25) is 0 Å². The fraction of sp³-hybridized carbons (Fsp3) is 0.162. The number of rotatable bonds is 0. The first-order valence-corrected chi connectivity index (χ1v) is 15.6. The molecule has 0 amide bonds. The second-order valence-electron chi connectivity index (χ2n) is 11.7. The molecule has 7 aromatic rings. The molecule has 0 radical (unpaired) electrons. The van der Waals surface area contributed by atoms with Gasteiger partial charge >= 0.3 is 0 Å². The summed E-state index contributed by atoms with van der Waals surface area (Å²) in [5.41, 5.74) is 11.4. The zero-order valence-electron chi connectivity index (χ0n) is 23.4. The highest BCUT2D eigenvalue weighted by molar-refractivity contribution is 7.17. The molecule has 2 atom stereocenters. The summed E-state index contributed by atoms with van der Waals surface area (Å²) in [6.07, 6.45) is 7.30. The minimum absolute atomic E-state index is 0.270. The summed E-state index contributed by atoms with van der Waals surface area (Å²) in [4.78, 5) is 4.77. The first-order valence-electron chi connectivity index (χ1n) is 14.7. The van der Waals surface area contributed by atoms with E-state index < -0.39 is 0 Å². The smallest absolute Gasteiger partial charge is 0.240 e. The Morgan fingerprint density at radius 1 is 0.929 bits per heavy atom. The largest absolute Gasteiger partial charge is 0.437 e. The highest BCUT2D eigenvalue weighted by atomic mass is 32.1. The van der Waals surface area contributed by atoms with Gasteiger partial charge in [0.15, 0.2) is 29.7 Å². The summed E-state index contributed by atoms with van der Waals surface area (Å²) in [6.45, 7) is 6.78. The van der Waals surface area contributed by atoms with Gasteiger partial charge in [0.2, 0.25) is 17.1 Å². The Balaban J connectivity index is 1.34. The number of pyridine rings is 3. The van der Waals surface area contributed by atoms with Crippen LogP contribution in [0.5, 0.6) is 0 Å². The van der Waals surface area contributed by atoms with Crippen LogP contribution in [0.15, 0.2) is 108 Å². The number of hydrogen-bond acceptors (Lipinski definition) is 3. The molecular weight excluding hydrogens is 534 g/mol. The van der Waals surface area contributed by atoms with Crippen molar-refractivity contribution in [2.75, 3.05) is 0 Å². The number of allylic oxidation sites excluding steroid dienone is 1. The van der Waals surface area contributed by atoms with Crippen LogP contribution in [-0.2, 0) is 6.42 Å². The molecule has 2 aromatic carbocycles. The molecule has 0 saturated heterocycles. The van der Waals surface area contributed by atoms with E-state index in [0.717, 1.165) is 47.0 Å². The van der Waals surface area contributed by atoms with E-state index in [2.05, 4.69) is 106 Å². The van der Waals surface area contributed by atoms with Gasteiger partial charge in [-0.2, -0.15) is 9.13 Å². The van der Waals surface area contributed by atoms with E-state index >= 15 is 0 Å². The Bertz CT molecular complexity index is 2240. The van der Waals surface area contributed by atoms with E-state index in [1.165, 1.54) is 43.7 Å². The maximum atomic E-state index is 6.67. The number of benzene rings is 2. The Kier molecular flexibility index (Phi) is 5.12.